The quantitative estimate of drug-likeness (QED) is 0.718. The molecule has 0 radical (unpaired) electrons. The van der Waals surface area contributed by atoms with Crippen LogP contribution in [0.2, 0.25) is 0 Å². The van der Waals surface area contributed by atoms with Gasteiger partial charge in [0.25, 0.3) is 0 Å². The van der Waals surface area contributed by atoms with Gasteiger partial charge in [-0.1, -0.05) is 24.4 Å². The summed E-state index contributed by atoms with van der Waals surface area (Å²) in [5.41, 5.74) is 6.92. The lowest BCUT2D eigenvalue weighted by Crippen LogP contribution is -2.38. The minimum Gasteiger partial charge on any atom is -0.389 e. The number of carbonyl (C=O) groups is 1. The summed E-state index contributed by atoms with van der Waals surface area (Å²) in [4.78, 5) is 12.0. The minimum absolute atomic E-state index is 0.0868. The first-order valence-electron chi connectivity index (χ1n) is 5.70. The molecule has 1 aliphatic rings. The van der Waals surface area contributed by atoms with Crippen molar-refractivity contribution in [3.05, 3.63) is 29.8 Å². The minimum atomic E-state index is -0.245. The van der Waals surface area contributed by atoms with Gasteiger partial charge >= 0.3 is 6.03 Å². The predicted molar refractivity (Wildman–Crippen MR) is 73.7 cm³/mol. The second kappa shape index (κ2) is 5.79. The van der Waals surface area contributed by atoms with Gasteiger partial charge in [-0.25, -0.2) is 4.79 Å². The van der Waals surface area contributed by atoms with Gasteiger partial charge in [-0.2, -0.15) is 0 Å². The first-order chi connectivity index (χ1) is 8.65. The van der Waals surface area contributed by atoms with Crippen LogP contribution in [0.3, 0.4) is 0 Å². The molecular formula is C12H15N3O2S. The highest BCUT2D eigenvalue weighted by Gasteiger charge is 2.17. The van der Waals surface area contributed by atoms with Crippen molar-refractivity contribution in [2.24, 2.45) is 5.73 Å². The Labute approximate surface area is 111 Å². The maximum absolute atomic E-state index is 11.7. The molecule has 0 spiro atoms. The SMILES string of the molecule is NC(=S)c1cccc(NC(=O)NC2CCOC2)c1. The first-order valence-corrected chi connectivity index (χ1v) is 6.11. The van der Waals surface area contributed by atoms with E-state index in [1.54, 1.807) is 24.3 Å². The average Bonchev–Trinajstić information content (AvgIpc) is 2.82. The van der Waals surface area contributed by atoms with Crippen LogP contribution < -0.4 is 16.4 Å². The fourth-order valence-corrected chi connectivity index (χ4v) is 1.88. The number of carbonyl (C=O) groups excluding carboxylic acids is 1. The monoisotopic (exact) mass is 265 g/mol. The number of thiocarbonyl (C=S) groups is 1. The third kappa shape index (κ3) is 3.41. The van der Waals surface area contributed by atoms with Crippen molar-refractivity contribution in [3.8, 4) is 0 Å². The van der Waals surface area contributed by atoms with Gasteiger partial charge in [0.1, 0.15) is 4.99 Å². The van der Waals surface area contributed by atoms with Gasteiger partial charge in [0.2, 0.25) is 0 Å². The summed E-state index contributed by atoms with van der Waals surface area (Å²) in [5, 5.41) is 5.58. The largest absolute Gasteiger partial charge is 0.389 e. The van der Waals surface area contributed by atoms with Gasteiger partial charge in [0, 0.05) is 17.9 Å². The summed E-state index contributed by atoms with van der Waals surface area (Å²) in [7, 11) is 0. The molecule has 1 saturated heterocycles. The molecule has 0 aromatic heterocycles. The molecule has 5 nitrogen and oxygen atoms in total. The first kappa shape index (κ1) is 12.8. The third-order valence-corrected chi connectivity index (χ3v) is 2.91. The van der Waals surface area contributed by atoms with Gasteiger partial charge in [-0.05, 0) is 18.6 Å². The standard InChI is InChI=1S/C12H15N3O2S/c13-11(18)8-2-1-3-9(6-8)14-12(16)15-10-4-5-17-7-10/h1-3,6,10H,4-5,7H2,(H2,13,18)(H2,14,15,16). The van der Waals surface area contributed by atoms with Gasteiger partial charge in [0.15, 0.2) is 0 Å². The van der Waals surface area contributed by atoms with E-state index in [1.165, 1.54) is 0 Å². The molecule has 0 bridgehead atoms. The molecule has 18 heavy (non-hydrogen) atoms. The molecule has 2 amide bonds. The van der Waals surface area contributed by atoms with Crippen molar-refractivity contribution in [3.63, 3.8) is 0 Å². The number of nitrogens with two attached hydrogens (primary N) is 1. The van der Waals surface area contributed by atoms with E-state index in [2.05, 4.69) is 10.6 Å². The second-order valence-corrected chi connectivity index (χ2v) is 4.54. The number of urea groups is 1. The number of nitrogens with one attached hydrogen (secondary N) is 2. The normalized spacial score (nSPS) is 18.3. The van der Waals surface area contributed by atoms with Crippen LogP contribution in [0.4, 0.5) is 10.5 Å². The molecule has 1 aliphatic heterocycles. The highest BCUT2D eigenvalue weighted by Crippen LogP contribution is 2.11. The van der Waals surface area contributed by atoms with E-state index >= 15 is 0 Å². The molecule has 1 fully saturated rings. The van der Waals surface area contributed by atoms with Crippen LogP contribution in [-0.2, 0) is 4.74 Å². The summed E-state index contributed by atoms with van der Waals surface area (Å²) in [6.45, 7) is 1.27. The van der Waals surface area contributed by atoms with E-state index in [1.807, 2.05) is 0 Å². The van der Waals surface area contributed by atoms with Crippen molar-refractivity contribution in [2.75, 3.05) is 18.5 Å². The molecule has 6 heteroatoms. The van der Waals surface area contributed by atoms with Crippen LogP contribution in [0, 0.1) is 0 Å². The highest BCUT2D eigenvalue weighted by atomic mass is 32.1. The maximum atomic E-state index is 11.7. The molecule has 1 aromatic carbocycles. The Balaban J connectivity index is 1.93. The Kier molecular flexibility index (Phi) is 4.11. The smallest absolute Gasteiger partial charge is 0.319 e. The van der Waals surface area contributed by atoms with E-state index in [4.69, 9.17) is 22.7 Å². The summed E-state index contributed by atoms with van der Waals surface area (Å²) in [6, 6.07) is 6.97. The Bertz CT molecular complexity index is 458. The number of rotatable bonds is 3. The third-order valence-electron chi connectivity index (χ3n) is 2.67. The Morgan fingerprint density at radius 2 is 2.33 bits per heavy atom. The van der Waals surface area contributed by atoms with Crippen LogP contribution in [0.5, 0.6) is 0 Å². The fraction of sp³-hybridized carbons (Fsp3) is 0.333. The van der Waals surface area contributed by atoms with Crippen LogP contribution in [0.1, 0.15) is 12.0 Å². The van der Waals surface area contributed by atoms with Gasteiger partial charge in [-0.3, -0.25) is 0 Å². The van der Waals surface area contributed by atoms with Crippen LogP contribution in [-0.4, -0.2) is 30.3 Å². The van der Waals surface area contributed by atoms with Crippen LogP contribution >= 0.6 is 12.2 Å². The number of amides is 2. The number of anilines is 1. The average molecular weight is 265 g/mol. The lowest BCUT2D eigenvalue weighted by atomic mass is 10.2. The Morgan fingerprint density at radius 3 is 3.00 bits per heavy atom. The van der Waals surface area contributed by atoms with Crippen molar-refractivity contribution in [2.45, 2.75) is 12.5 Å². The summed E-state index contributed by atoms with van der Waals surface area (Å²) < 4.78 is 5.18. The molecular weight excluding hydrogens is 250 g/mol. The number of benzene rings is 1. The molecule has 2 rings (SSSR count). The summed E-state index contributed by atoms with van der Waals surface area (Å²) in [5.74, 6) is 0. The van der Waals surface area contributed by atoms with Crippen molar-refractivity contribution in [1.29, 1.82) is 0 Å². The molecule has 1 unspecified atom stereocenters. The zero-order valence-electron chi connectivity index (χ0n) is 9.81. The molecule has 4 N–H and O–H groups in total. The number of hydrogen-bond donors (Lipinski definition) is 3. The molecule has 96 valence electrons. The Hall–Kier alpha value is -1.66. The topological polar surface area (TPSA) is 76.4 Å². The van der Waals surface area contributed by atoms with E-state index in [9.17, 15) is 4.79 Å². The van der Waals surface area contributed by atoms with Crippen molar-refractivity contribution in [1.82, 2.24) is 5.32 Å². The predicted octanol–water partition coefficient (Wildman–Crippen LogP) is 1.23. The summed E-state index contributed by atoms with van der Waals surface area (Å²) >= 11 is 4.88. The van der Waals surface area contributed by atoms with Crippen molar-refractivity contribution >= 4 is 28.9 Å². The zero-order chi connectivity index (χ0) is 13.0. The number of hydrogen-bond acceptors (Lipinski definition) is 3. The number of ether oxygens (including phenoxy) is 1. The van der Waals surface area contributed by atoms with Gasteiger partial charge < -0.3 is 21.1 Å². The van der Waals surface area contributed by atoms with Gasteiger partial charge in [0.05, 0.1) is 12.6 Å². The molecule has 1 aromatic rings. The highest BCUT2D eigenvalue weighted by molar-refractivity contribution is 7.80. The zero-order valence-corrected chi connectivity index (χ0v) is 10.6. The lowest BCUT2D eigenvalue weighted by Gasteiger charge is -2.12. The Morgan fingerprint density at radius 1 is 1.50 bits per heavy atom. The molecule has 0 saturated carbocycles. The molecule has 1 atom stereocenters. The van der Waals surface area contributed by atoms with E-state index in [-0.39, 0.29) is 12.1 Å². The van der Waals surface area contributed by atoms with E-state index in [0.717, 1.165) is 12.0 Å². The molecule has 0 aliphatic carbocycles. The van der Waals surface area contributed by atoms with E-state index in [0.29, 0.717) is 23.9 Å². The maximum Gasteiger partial charge on any atom is 0.319 e. The van der Waals surface area contributed by atoms with E-state index < -0.39 is 0 Å². The fourth-order valence-electron chi connectivity index (χ4n) is 1.75. The second-order valence-electron chi connectivity index (χ2n) is 4.10. The van der Waals surface area contributed by atoms with Crippen LogP contribution in [0.15, 0.2) is 24.3 Å². The summed E-state index contributed by atoms with van der Waals surface area (Å²) in [6.07, 6.45) is 0.848. The van der Waals surface area contributed by atoms with Gasteiger partial charge in [-0.15, -0.1) is 0 Å². The van der Waals surface area contributed by atoms with Crippen LogP contribution in [0.25, 0.3) is 0 Å². The lowest BCUT2D eigenvalue weighted by molar-refractivity contribution is 0.189. The van der Waals surface area contributed by atoms with Crippen molar-refractivity contribution < 1.29 is 9.53 Å². The molecule has 1 heterocycles.